The Morgan fingerprint density at radius 1 is 1.33 bits per heavy atom. The molecule has 0 aromatic carbocycles. The lowest BCUT2D eigenvalue weighted by Gasteiger charge is -2.07. The zero-order chi connectivity index (χ0) is 19.6. The predicted octanol–water partition coefficient (Wildman–Crippen LogP) is 3.44. The van der Waals surface area contributed by atoms with Crippen LogP contribution in [0.1, 0.15) is 50.7 Å². The lowest BCUT2D eigenvalue weighted by atomic mass is 10.2. The Morgan fingerprint density at radius 2 is 2.11 bits per heavy atom. The minimum atomic E-state index is -1.06. The van der Waals surface area contributed by atoms with E-state index < -0.39 is 5.97 Å². The number of nitrogens with zero attached hydrogens (tertiary/aromatic N) is 3. The number of amides is 1. The highest BCUT2D eigenvalue weighted by Crippen LogP contribution is 2.26. The van der Waals surface area contributed by atoms with Crippen molar-refractivity contribution in [1.29, 1.82) is 0 Å². The fourth-order valence-corrected chi connectivity index (χ4v) is 3.46. The van der Waals surface area contributed by atoms with Gasteiger partial charge in [0, 0.05) is 18.2 Å². The quantitative estimate of drug-likeness (QED) is 0.667. The number of carbonyl (C=O) groups is 2. The van der Waals surface area contributed by atoms with Crippen molar-refractivity contribution in [2.24, 2.45) is 0 Å². The van der Waals surface area contributed by atoms with Gasteiger partial charge in [0.25, 0.3) is 5.91 Å². The number of carboxylic acids is 1. The number of pyridine rings is 2. The number of hydrogen-bond donors (Lipinski definition) is 2. The zero-order valence-electron chi connectivity index (χ0n) is 15.0. The number of aromatic nitrogens is 3. The van der Waals surface area contributed by atoms with Crippen molar-refractivity contribution in [2.45, 2.75) is 26.9 Å². The molecular weight excluding hydrogens is 368 g/mol. The highest BCUT2D eigenvalue weighted by atomic mass is 32.1. The molecule has 0 saturated carbocycles. The minimum Gasteiger partial charge on any atom is -0.478 e. The van der Waals surface area contributed by atoms with Gasteiger partial charge in [0.1, 0.15) is 21.8 Å². The van der Waals surface area contributed by atoms with E-state index in [0.29, 0.717) is 34.0 Å². The van der Waals surface area contributed by atoms with Crippen LogP contribution in [0.5, 0.6) is 0 Å². The van der Waals surface area contributed by atoms with Crippen LogP contribution in [0.2, 0.25) is 0 Å². The van der Waals surface area contributed by atoms with Crippen LogP contribution in [0.4, 0.5) is 5.82 Å². The smallest absolute Gasteiger partial charge is 0.337 e. The summed E-state index contributed by atoms with van der Waals surface area (Å²) in [5, 5.41) is 13.1. The fraction of sp³-hybridized carbons (Fsp3) is 0.278. The number of ether oxygens (including phenoxy) is 1. The number of aryl methyl sites for hydroxylation is 1. The topological polar surface area (TPSA) is 114 Å². The first-order chi connectivity index (χ1) is 12.9. The van der Waals surface area contributed by atoms with Crippen molar-refractivity contribution in [1.82, 2.24) is 15.0 Å². The lowest BCUT2D eigenvalue weighted by molar-refractivity contribution is 0.0696. The summed E-state index contributed by atoms with van der Waals surface area (Å²) in [5.74, 6) is -1.04. The van der Waals surface area contributed by atoms with E-state index in [9.17, 15) is 9.59 Å². The summed E-state index contributed by atoms with van der Waals surface area (Å²) >= 11 is 1.29. The zero-order valence-corrected chi connectivity index (χ0v) is 15.8. The second-order valence-electron chi connectivity index (χ2n) is 5.79. The monoisotopic (exact) mass is 386 g/mol. The first-order valence-electron chi connectivity index (χ1n) is 8.29. The molecule has 0 fully saturated rings. The molecular formula is C18H18N4O4S. The summed E-state index contributed by atoms with van der Waals surface area (Å²) < 4.78 is 5.52. The number of rotatable bonds is 6. The van der Waals surface area contributed by atoms with E-state index in [1.165, 1.54) is 23.6 Å². The van der Waals surface area contributed by atoms with E-state index in [1.54, 1.807) is 19.1 Å². The van der Waals surface area contributed by atoms with E-state index in [-0.39, 0.29) is 17.6 Å². The van der Waals surface area contributed by atoms with Gasteiger partial charge in [-0.1, -0.05) is 0 Å². The number of carboxylic acid groups (broad SMARTS) is 1. The Morgan fingerprint density at radius 3 is 2.81 bits per heavy atom. The molecule has 0 bridgehead atoms. The first kappa shape index (κ1) is 18.9. The molecule has 3 aromatic rings. The molecule has 1 atom stereocenters. The number of aromatic carboxylic acids is 1. The summed E-state index contributed by atoms with van der Waals surface area (Å²) in [7, 11) is 0. The summed E-state index contributed by atoms with van der Waals surface area (Å²) in [4.78, 5) is 36.8. The van der Waals surface area contributed by atoms with Crippen LogP contribution < -0.4 is 5.32 Å². The van der Waals surface area contributed by atoms with Crippen LogP contribution in [0.25, 0.3) is 11.0 Å². The Balaban J connectivity index is 1.81. The largest absolute Gasteiger partial charge is 0.478 e. The van der Waals surface area contributed by atoms with Gasteiger partial charge < -0.3 is 15.2 Å². The number of anilines is 1. The Hall–Kier alpha value is -2.91. The predicted molar refractivity (Wildman–Crippen MR) is 101 cm³/mol. The van der Waals surface area contributed by atoms with Gasteiger partial charge in [-0.3, -0.25) is 4.79 Å². The van der Waals surface area contributed by atoms with Crippen LogP contribution in [-0.4, -0.2) is 38.5 Å². The molecule has 0 aliphatic heterocycles. The number of nitrogens with one attached hydrogen (secondary N) is 1. The first-order valence-corrected chi connectivity index (χ1v) is 9.11. The van der Waals surface area contributed by atoms with Gasteiger partial charge >= 0.3 is 5.97 Å². The molecule has 9 heteroatoms. The molecule has 0 aliphatic rings. The van der Waals surface area contributed by atoms with Crippen molar-refractivity contribution in [3.05, 3.63) is 45.5 Å². The maximum Gasteiger partial charge on any atom is 0.337 e. The van der Waals surface area contributed by atoms with Crippen LogP contribution in [0, 0.1) is 6.92 Å². The number of thiazole rings is 1. The molecule has 140 valence electrons. The van der Waals surface area contributed by atoms with E-state index in [0.717, 1.165) is 5.01 Å². The van der Waals surface area contributed by atoms with Gasteiger partial charge in [-0.25, -0.2) is 19.7 Å². The molecule has 2 N–H and O–H groups in total. The fourth-order valence-electron chi connectivity index (χ4n) is 2.49. The molecule has 3 aromatic heterocycles. The van der Waals surface area contributed by atoms with E-state index in [4.69, 9.17) is 9.84 Å². The number of fused-ring (bicyclic) bond motifs is 1. The number of carbonyl (C=O) groups excluding carboxylic acids is 1. The number of hydrogen-bond acceptors (Lipinski definition) is 7. The average molecular weight is 386 g/mol. The van der Waals surface area contributed by atoms with Gasteiger partial charge in [-0.2, -0.15) is 0 Å². The molecule has 0 aliphatic carbocycles. The average Bonchev–Trinajstić information content (AvgIpc) is 3.03. The third-order valence-corrected chi connectivity index (χ3v) is 5.13. The van der Waals surface area contributed by atoms with Gasteiger partial charge in [-0.15, -0.1) is 11.3 Å². The molecule has 1 unspecified atom stereocenters. The van der Waals surface area contributed by atoms with Crippen LogP contribution in [0.3, 0.4) is 0 Å². The maximum atomic E-state index is 12.6. The second kappa shape index (κ2) is 7.77. The molecule has 0 radical (unpaired) electrons. The van der Waals surface area contributed by atoms with Gasteiger partial charge in [0.2, 0.25) is 0 Å². The Kier molecular flexibility index (Phi) is 5.43. The second-order valence-corrected chi connectivity index (χ2v) is 6.82. The Labute approximate surface area is 159 Å². The summed E-state index contributed by atoms with van der Waals surface area (Å²) in [6.45, 7) is 6.14. The van der Waals surface area contributed by atoms with Gasteiger partial charge in [0.15, 0.2) is 5.65 Å². The molecule has 0 saturated heterocycles. The standard InChI is InChI=1S/C18H18N4O4S/c1-4-26-10(3)17-20-9(2)14(27-17)16(23)22-13-6-5-11-7-12(18(24)25)8-19-15(11)21-13/h5-8,10H,4H2,1-3H3,(H,24,25)(H,19,21,22,23). The van der Waals surface area contributed by atoms with E-state index >= 15 is 0 Å². The van der Waals surface area contributed by atoms with Gasteiger partial charge in [-0.05, 0) is 39.0 Å². The van der Waals surface area contributed by atoms with E-state index in [1.807, 2.05) is 13.8 Å². The molecule has 27 heavy (non-hydrogen) atoms. The highest BCUT2D eigenvalue weighted by Gasteiger charge is 2.19. The minimum absolute atomic E-state index is 0.0808. The van der Waals surface area contributed by atoms with Crippen molar-refractivity contribution in [2.75, 3.05) is 11.9 Å². The highest BCUT2D eigenvalue weighted by molar-refractivity contribution is 7.14. The molecule has 0 spiro atoms. The Bertz CT molecular complexity index is 1020. The third kappa shape index (κ3) is 4.09. The molecule has 3 rings (SSSR count). The molecule has 3 heterocycles. The van der Waals surface area contributed by atoms with Crippen molar-refractivity contribution < 1.29 is 19.4 Å². The summed E-state index contributed by atoms with van der Waals surface area (Å²) in [5.41, 5.74) is 1.06. The summed E-state index contributed by atoms with van der Waals surface area (Å²) in [6, 6.07) is 4.76. The van der Waals surface area contributed by atoms with Crippen molar-refractivity contribution >= 4 is 40.1 Å². The third-order valence-electron chi connectivity index (χ3n) is 3.81. The van der Waals surface area contributed by atoms with Crippen LogP contribution >= 0.6 is 11.3 Å². The molecule has 1 amide bonds. The normalized spacial score (nSPS) is 12.1. The molecule has 8 nitrogen and oxygen atoms in total. The van der Waals surface area contributed by atoms with Crippen molar-refractivity contribution in [3.63, 3.8) is 0 Å². The maximum absolute atomic E-state index is 12.6. The van der Waals surface area contributed by atoms with E-state index in [2.05, 4.69) is 20.3 Å². The van der Waals surface area contributed by atoms with Gasteiger partial charge in [0.05, 0.1) is 11.3 Å². The lowest BCUT2D eigenvalue weighted by Crippen LogP contribution is -2.12. The van der Waals surface area contributed by atoms with Crippen LogP contribution in [0.15, 0.2) is 24.4 Å². The SMILES string of the molecule is CCOC(C)c1nc(C)c(C(=O)Nc2ccc3cc(C(=O)O)cnc3n2)s1. The van der Waals surface area contributed by atoms with Crippen molar-refractivity contribution in [3.8, 4) is 0 Å². The van der Waals surface area contributed by atoms with Crippen LogP contribution in [-0.2, 0) is 4.74 Å². The summed E-state index contributed by atoms with van der Waals surface area (Å²) in [6.07, 6.45) is 1.06.